The summed E-state index contributed by atoms with van der Waals surface area (Å²) in [6.07, 6.45) is 7.42. The summed E-state index contributed by atoms with van der Waals surface area (Å²) < 4.78 is 6.29. The second-order valence-corrected chi connectivity index (χ2v) is 7.68. The average molecular weight is 366 g/mol. The quantitative estimate of drug-likeness (QED) is 0.836. The van der Waals surface area contributed by atoms with E-state index in [-0.39, 0.29) is 11.5 Å². The number of benzene rings is 1. The van der Waals surface area contributed by atoms with Crippen LogP contribution in [0.4, 0.5) is 5.69 Å². The van der Waals surface area contributed by atoms with Crippen molar-refractivity contribution in [2.24, 2.45) is 0 Å². The van der Waals surface area contributed by atoms with Crippen molar-refractivity contribution in [1.82, 2.24) is 14.9 Å². The van der Waals surface area contributed by atoms with Crippen LogP contribution in [0.25, 0.3) is 0 Å². The number of likely N-dealkylation sites (tertiary alicyclic amines) is 1. The monoisotopic (exact) mass is 366 g/mol. The van der Waals surface area contributed by atoms with Crippen LogP contribution in [-0.2, 0) is 4.74 Å². The van der Waals surface area contributed by atoms with E-state index in [2.05, 4.69) is 53.1 Å². The van der Waals surface area contributed by atoms with Crippen molar-refractivity contribution in [2.75, 3.05) is 31.6 Å². The zero-order valence-electron chi connectivity index (χ0n) is 16.0. The van der Waals surface area contributed by atoms with E-state index in [1.807, 2.05) is 4.90 Å². The molecule has 1 amide bonds. The van der Waals surface area contributed by atoms with Crippen molar-refractivity contribution in [1.29, 1.82) is 0 Å². The normalized spacial score (nSPS) is 21.4. The van der Waals surface area contributed by atoms with Gasteiger partial charge in [-0.05, 0) is 38.3 Å². The van der Waals surface area contributed by atoms with Crippen molar-refractivity contribution in [3.05, 3.63) is 54.1 Å². The van der Waals surface area contributed by atoms with Gasteiger partial charge in [-0.15, -0.1) is 0 Å². The second kappa shape index (κ2) is 7.27. The molecule has 0 bridgehead atoms. The van der Waals surface area contributed by atoms with Gasteiger partial charge < -0.3 is 14.5 Å². The maximum atomic E-state index is 12.6. The predicted molar refractivity (Wildman–Crippen MR) is 104 cm³/mol. The number of anilines is 1. The molecule has 1 aromatic heterocycles. The third-order valence-corrected chi connectivity index (χ3v) is 5.92. The number of hydrogen-bond acceptors (Lipinski definition) is 5. The second-order valence-electron chi connectivity index (χ2n) is 7.68. The van der Waals surface area contributed by atoms with E-state index in [4.69, 9.17) is 4.74 Å². The van der Waals surface area contributed by atoms with Crippen LogP contribution >= 0.6 is 0 Å². The van der Waals surface area contributed by atoms with E-state index in [1.165, 1.54) is 17.4 Å². The molecule has 0 aliphatic carbocycles. The maximum absolute atomic E-state index is 12.6. The molecule has 3 heterocycles. The molecule has 2 aliphatic heterocycles. The van der Waals surface area contributed by atoms with E-state index in [9.17, 15) is 4.79 Å². The van der Waals surface area contributed by atoms with E-state index in [1.54, 1.807) is 12.4 Å². The Kier molecular flexibility index (Phi) is 4.83. The van der Waals surface area contributed by atoms with Crippen molar-refractivity contribution >= 4 is 11.6 Å². The smallest absolute Gasteiger partial charge is 0.274 e. The summed E-state index contributed by atoms with van der Waals surface area (Å²) in [5, 5.41) is 0. The molecule has 2 saturated heterocycles. The Balaban J connectivity index is 1.36. The van der Waals surface area contributed by atoms with Gasteiger partial charge in [0.05, 0.1) is 24.4 Å². The zero-order chi connectivity index (χ0) is 18.9. The highest BCUT2D eigenvalue weighted by molar-refractivity contribution is 5.92. The first kappa shape index (κ1) is 17.9. The van der Waals surface area contributed by atoms with Crippen molar-refractivity contribution < 1.29 is 9.53 Å². The van der Waals surface area contributed by atoms with Crippen LogP contribution in [0, 0.1) is 6.92 Å². The van der Waals surface area contributed by atoms with Gasteiger partial charge in [-0.2, -0.15) is 0 Å². The molecule has 6 heteroatoms. The number of likely N-dealkylation sites (N-methyl/N-ethyl adjacent to an activating group) is 1. The van der Waals surface area contributed by atoms with Crippen LogP contribution in [0.1, 0.15) is 35.3 Å². The first-order valence-electron chi connectivity index (χ1n) is 9.55. The van der Waals surface area contributed by atoms with E-state index in [0.717, 1.165) is 25.9 Å². The number of hydrogen-bond donors (Lipinski definition) is 0. The number of ether oxygens (including phenoxy) is 1. The number of carbonyl (C=O) groups is 1. The number of aromatic nitrogens is 2. The van der Waals surface area contributed by atoms with Crippen LogP contribution in [0.15, 0.2) is 42.9 Å². The van der Waals surface area contributed by atoms with Crippen molar-refractivity contribution in [2.45, 2.75) is 37.8 Å². The Labute approximate surface area is 160 Å². The van der Waals surface area contributed by atoms with Crippen LogP contribution in [0.5, 0.6) is 0 Å². The Morgan fingerprint density at radius 1 is 1.22 bits per heavy atom. The Hall–Kier alpha value is -2.47. The number of rotatable bonds is 3. The molecule has 2 fully saturated rings. The molecule has 1 atom stereocenters. The molecule has 1 aromatic carbocycles. The van der Waals surface area contributed by atoms with Gasteiger partial charge in [0.1, 0.15) is 5.69 Å². The Morgan fingerprint density at radius 3 is 2.63 bits per heavy atom. The summed E-state index contributed by atoms with van der Waals surface area (Å²) in [6, 6.07) is 9.00. The molecule has 142 valence electrons. The first-order valence-corrected chi connectivity index (χ1v) is 9.55. The molecule has 2 aromatic rings. The molecule has 6 nitrogen and oxygen atoms in total. The number of aryl methyl sites for hydroxylation is 1. The molecular weight excluding hydrogens is 340 g/mol. The zero-order valence-corrected chi connectivity index (χ0v) is 16.0. The average Bonchev–Trinajstić information content (AvgIpc) is 3.12. The first-order chi connectivity index (χ1) is 13.1. The molecule has 27 heavy (non-hydrogen) atoms. The van der Waals surface area contributed by atoms with Crippen LogP contribution in [0.3, 0.4) is 0 Å². The minimum atomic E-state index is -0.108. The van der Waals surface area contributed by atoms with E-state index >= 15 is 0 Å². The third kappa shape index (κ3) is 3.67. The minimum Gasteiger partial charge on any atom is -0.373 e. The number of nitrogens with zero attached hydrogens (tertiary/aromatic N) is 4. The summed E-state index contributed by atoms with van der Waals surface area (Å²) >= 11 is 0. The molecule has 2 aliphatic rings. The molecule has 4 rings (SSSR count). The number of carbonyl (C=O) groups excluding carboxylic acids is 1. The number of amides is 1. The van der Waals surface area contributed by atoms with Gasteiger partial charge in [-0.1, -0.05) is 17.7 Å². The van der Waals surface area contributed by atoms with Gasteiger partial charge in [0.15, 0.2) is 0 Å². The fraction of sp³-hybridized carbons (Fsp3) is 0.476. The lowest BCUT2D eigenvalue weighted by atomic mass is 9.87. The van der Waals surface area contributed by atoms with E-state index < -0.39 is 0 Å². The molecule has 0 radical (unpaired) electrons. The third-order valence-electron chi connectivity index (χ3n) is 5.92. The van der Waals surface area contributed by atoms with Crippen molar-refractivity contribution in [3.8, 4) is 0 Å². The fourth-order valence-electron chi connectivity index (χ4n) is 4.10. The van der Waals surface area contributed by atoms with E-state index in [0.29, 0.717) is 24.8 Å². The summed E-state index contributed by atoms with van der Waals surface area (Å²) in [6.45, 7) is 4.25. The molecule has 0 saturated carbocycles. The highest BCUT2D eigenvalue weighted by Gasteiger charge is 2.44. The summed E-state index contributed by atoms with van der Waals surface area (Å²) in [5.41, 5.74) is 2.80. The lowest BCUT2D eigenvalue weighted by Crippen LogP contribution is -2.47. The predicted octanol–water partition coefficient (Wildman–Crippen LogP) is 2.69. The van der Waals surface area contributed by atoms with Gasteiger partial charge >= 0.3 is 0 Å². The Morgan fingerprint density at radius 2 is 1.96 bits per heavy atom. The summed E-state index contributed by atoms with van der Waals surface area (Å²) in [7, 11) is 2.14. The molecule has 1 spiro atoms. The Bertz CT molecular complexity index is 786. The summed E-state index contributed by atoms with van der Waals surface area (Å²) in [4.78, 5) is 24.9. The molecular formula is C21H26N4O2. The van der Waals surface area contributed by atoms with Crippen LogP contribution in [0.2, 0.25) is 0 Å². The van der Waals surface area contributed by atoms with Crippen LogP contribution < -0.4 is 4.90 Å². The van der Waals surface area contributed by atoms with Gasteiger partial charge in [-0.3, -0.25) is 9.78 Å². The SMILES string of the molecule is Cc1ccc(N(C)C2COC3(CCN(C(=O)c4cnccn4)CC3)C2)cc1. The largest absolute Gasteiger partial charge is 0.373 e. The lowest BCUT2D eigenvalue weighted by Gasteiger charge is -2.38. The topological polar surface area (TPSA) is 58.6 Å². The van der Waals surface area contributed by atoms with Crippen molar-refractivity contribution in [3.63, 3.8) is 0 Å². The summed E-state index contributed by atoms with van der Waals surface area (Å²) in [5.74, 6) is -0.0377. The standard InChI is InChI=1S/C21H26N4O2/c1-16-3-5-17(6-4-16)24(2)18-13-21(27-15-18)7-11-25(12-8-21)20(26)19-14-22-9-10-23-19/h3-6,9-10,14,18H,7-8,11-13,15H2,1-2H3. The highest BCUT2D eigenvalue weighted by atomic mass is 16.5. The number of piperidine rings is 1. The lowest BCUT2D eigenvalue weighted by molar-refractivity contribution is -0.0389. The highest BCUT2D eigenvalue weighted by Crippen LogP contribution is 2.38. The van der Waals surface area contributed by atoms with Crippen LogP contribution in [-0.4, -0.2) is 59.2 Å². The maximum Gasteiger partial charge on any atom is 0.274 e. The van der Waals surface area contributed by atoms with Gasteiger partial charge in [-0.25, -0.2) is 4.98 Å². The van der Waals surface area contributed by atoms with Gasteiger partial charge in [0, 0.05) is 38.2 Å². The van der Waals surface area contributed by atoms with Gasteiger partial charge in [0.2, 0.25) is 0 Å². The van der Waals surface area contributed by atoms with Gasteiger partial charge in [0.25, 0.3) is 5.91 Å². The minimum absolute atomic E-state index is 0.0377. The molecule has 0 N–H and O–H groups in total. The molecule has 1 unspecified atom stereocenters. The fourth-order valence-corrected chi connectivity index (χ4v) is 4.10.